The highest BCUT2D eigenvalue weighted by Gasteiger charge is 2.37. The average molecular weight is 636 g/mol. The molecule has 9 nitrogen and oxygen atoms in total. The molecule has 1 heterocycles. The molecule has 4 rings (SSSR count). The minimum Gasteiger partial charge on any atom is -0.487 e. The van der Waals surface area contributed by atoms with Gasteiger partial charge < -0.3 is 4.74 Å². The topological polar surface area (TPSA) is 119 Å². The summed E-state index contributed by atoms with van der Waals surface area (Å²) < 4.78 is 7.19. The maximum absolute atomic E-state index is 13.2. The summed E-state index contributed by atoms with van der Waals surface area (Å²) in [4.78, 5) is 49.4. The van der Waals surface area contributed by atoms with Gasteiger partial charge in [0.05, 0.1) is 15.1 Å². The molecule has 0 saturated carbocycles. The maximum Gasteiger partial charge on any atom is 0.335 e. The van der Waals surface area contributed by atoms with Crippen LogP contribution in [0, 0.1) is 10.1 Å². The number of nitro benzene ring substituents is 1. The number of carbonyl (C=O) groups excluding carboxylic acids is 3. The molecule has 12 heteroatoms. The van der Waals surface area contributed by atoms with Crippen LogP contribution in [0.3, 0.4) is 0 Å². The SMILES string of the molecule is O=C1NC(=O)N(c2ccc([N+](=O)[O-])cc2)C(=O)/C1=C/c1cc(Br)cc(Br)c1OCc1ccc(Cl)cc1. The highest BCUT2D eigenvalue weighted by molar-refractivity contribution is 9.11. The van der Waals surface area contributed by atoms with Crippen LogP contribution in [0.2, 0.25) is 5.02 Å². The number of ether oxygens (including phenoxy) is 1. The highest BCUT2D eigenvalue weighted by Crippen LogP contribution is 2.36. The van der Waals surface area contributed by atoms with Crippen molar-refractivity contribution in [2.24, 2.45) is 0 Å². The van der Waals surface area contributed by atoms with Gasteiger partial charge in [-0.25, -0.2) is 9.69 Å². The van der Waals surface area contributed by atoms with E-state index in [4.69, 9.17) is 16.3 Å². The van der Waals surface area contributed by atoms with Gasteiger partial charge in [-0.05, 0) is 64.0 Å². The number of nitrogens with one attached hydrogen (secondary N) is 1. The zero-order valence-electron chi connectivity index (χ0n) is 18.0. The van der Waals surface area contributed by atoms with E-state index in [0.29, 0.717) is 25.3 Å². The Labute approximate surface area is 226 Å². The Morgan fingerprint density at radius 3 is 2.33 bits per heavy atom. The largest absolute Gasteiger partial charge is 0.487 e. The Morgan fingerprint density at radius 2 is 1.69 bits per heavy atom. The number of benzene rings is 3. The molecule has 4 amide bonds. The Bertz CT molecular complexity index is 1430. The number of hydrogen-bond donors (Lipinski definition) is 1. The van der Waals surface area contributed by atoms with Crippen LogP contribution < -0.4 is 15.0 Å². The summed E-state index contributed by atoms with van der Waals surface area (Å²) >= 11 is 12.8. The van der Waals surface area contributed by atoms with Gasteiger partial charge in [0.1, 0.15) is 17.9 Å². The van der Waals surface area contributed by atoms with Crippen LogP contribution in [0.4, 0.5) is 16.2 Å². The predicted molar refractivity (Wildman–Crippen MR) is 140 cm³/mol. The van der Waals surface area contributed by atoms with E-state index in [-0.39, 0.29) is 23.6 Å². The van der Waals surface area contributed by atoms with E-state index in [2.05, 4.69) is 37.2 Å². The molecule has 1 aliphatic heterocycles. The minimum absolute atomic E-state index is 0.0659. The molecule has 3 aromatic carbocycles. The monoisotopic (exact) mass is 633 g/mol. The fourth-order valence-corrected chi connectivity index (χ4v) is 4.85. The molecular weight excluding hydrogens is 622 g/mol. The lowest BCUT2D eigenvalue weighted by Crippen LogP contribution is -2.54. The number of anilines is 1. The van der Waals surface area contributed by atoms with Gasteiger partial charge in [0.25, 0.3) is 17.5 Å². The first kappa shape index (κ1) is 25.5. The molecule has 0 aliphatic carbocycles. The number of imide groups is 2. The Kier molecular flexibility index (Phi) is 7.53. The van der Waals surface area contributed by atoms with Crippen molar-refractivity contribution >= 4 is 78.8 Å². The van der Waals surface area contributed by atoms with Crippen molar-refractivity contribution < 1.29 is 24.0 Å². The summed E-state index contributed by atoms with van der Waals surface area (Å²) in [5.41, 5.74) is 0.762. The number of carbonyl (C=O) groups is 3. The first-order valence-corrected chi connectivity index (χ1v) is 12.1. The van der Waals surface area contributed by atoms with Crippen molar-refractivity contribution in [2.45, 2.75) is 6.61 Å². The zero-order valence-corrected chi connectivity index (χ0v) is 22.0. The summed E-state index contributed by atoms with van der Waals surface area (Å²) in [6.45, 7) is 0.182. The van der Waals surface area contributed by atoms with Crippen molar-refractivity contribution in [3.63, 3.8) is 0 Å². The van der Waals surface area contributed by atoms with E-state index in [1.165, 1.54) is 18.2 Å². The molecule has 3 aromatic rings. The van der Waals surface area contributed by atoms with Gasteiger partial charge in [0.2, 0.25) is 0 Å². The smallest absolute Gasteiger partial charge is 0.335 e. The first-order valence-electron chi connectivity index (χ1n) is 10.2. The van der Waals surface area contributed by atoms with Crippen molar-refractivity contribution in [1.29, 1.82) is 0 Å². The molecule has 0 unspecified atom stereocenters. The standard InChI is InChI=1S/C24H14Br2ClN3O6/c25-15-9-14(21(20(26)11-15)36-12-13-1-3-16(27)4-2-13)10-19-22(31)28-24(33)29(23(19)32)17-5-7-18(8-6-17)30(34)35/h1-11H,12H2,(H,28,31,33)/b19-10+. The van der Waals surface area contributed by atoms with E-state index in [9.17, 15) is 24.5 Å². The van der Waals surface area contributed by atoms with Crippen molar-refractivity contribution in [3.8, 4) is 5.75 Å². The molecule has 1 aliphatic rings. The van der Waals surface area contributed by atoms with E-state index in [1.54, 1.807) is 36.4 Å². The lowest BCUT2D eigenvalue weighted by atomic mass is 10.1. The fraction of sp³-hybridized carbons (Fsp3) is 0.0417. The summed E-state index contributed by atoms with van der Waals surface area (Å²) in [5.74, 6) is -1.42. The molecule has 0 atom stereocenters. The number of nitrogens with zero attached hydrogens (tertiary/aromatic N) is 2. The number of non-ortho nitro benzene ring substituents is 1. The number of hydrogen-bond acceptors (Lipinski definition) is 6. The highest BCUT2D eigenvalue weighted by atomic mass is 79.9. The second-order valence-electron chi connectivity index (χ2n) is 7.45. The quantitative estimate of drug-likeness (QED) is 0.153. The van der Waals surface area contributed by atoms with Gasteiger partial charge in [0.15, 0.2) is 0 Å². The molecule has 0 aromatic heterocycles. The van der Waals surface area contributed by atoms with Crippen LogP contribution >= 0.6 is 43.5 Å². The van der Waals surface area contributed by atoms with E-state index in [1.807, 2.05) is 0 Å². The molecule has 0 bridgehead atoms. The summed E-state index contributed by atoms with van der Waals surface area (Å²) in [6, 6.07) is 14.3. The lowest BCUT2D eigenvalue weighted by molar-refractivity contribution is -0.384. The molecule has 36 heavy (non-hydrogen) atoms. The Morgan fingerprint density at radius 1 is 1.03 bits per heavy atom. The summed E-state index contributed by atoms with van der Waals surface area (Å²) in [6.07, 6.45) is 1.31. The van der Waals surface area contributed by atoms with Crippen LogP contribution in [0.1, 0.15) is 11.1 Å². The minimum atomic E-state index is -0.967. The van der Waals surface area contributed by atoms with E-state index < -0.39 is 22.8 Å². The van der Waals surface area contributed by atoms with E-state index in [0.717, 1.165) is 22.6 Å². The third-order valence-corrected chi connectivity index (χ3v) is 6.35. The number of urea groups is 1. The zero-order chi connectivity index (χ0) is 26.0. The van der Waals surface area contributed by atoms with Gasteiger partial charge in [-0.1, -0.05) is 39.7 Å². The number of halogens is 3. The molecule has 0 spiro atoms. The summed E-state index contributed by atoms with van der Waals surface area (Å²) in [7, 11) is 0. The molecule has 1 saturated heterocycles. The lowest BCUT2D eigenvalue weighted by Gasteiger charge is -2.26. The Balaban J connectivity index is 1.69. The fourth-order valence-electron chi connectivity index (χ4n) is 3.35. The van der Waals surface area contributed by atoms with Gasteiger partial charge in [-0.3, -0.25) is 25.0 Å². The van der Waals surface area contributed by atoms with Crippen LogP contribution in [-0.2, 0) is 16.2 Å². The van der Waals surface area contributed by atoms with Crippen LogP contribution in [0.25, 0.3) is 6.08 Å². The second-order valence-corrected chi connectivity index (χ2v) is 9.66. The maximum atomic E-state index is 13.2. The Hall–Kier alpha value is -3.54. The number of nitro groups is 1. The molecule has 1 N–H and O–H groups in total. The molecule has 182 valence electrons. The average Bonchev–Trinajstić information content (AvgIpc) is 2.82. The van der Waals surface area contributed by atoms with Crippen LogP contribution in [0.5, 0.6) is 5.75 Å². The van der Waals surface area contributed by atoms with E-state index >= 15 is 0 Å². The van der Waals surface area contributed by atoms with Crippen molar-refractivity contribution in [1.82, 2.24) is 5.32 Å². The van der Waals surface area contributed by atoms with Crippen LogP contribution in [-0.4, -0.2) is 22.8 Å². The van der Waals surface area contributed by atoms with Crippen LogP contribution in [0.15, 0.2) is 75.2 Å². The number of amides is 4. The number of barbiturate groups is 1. The molecule has 0 radical (unpaired) electrons. The van der Waals surface area contributed by atoms with Gasteiger partial charge in [0, 0.05) is 27.2 Å². The van der Waals surface area contributed by atoms with Gasteiger partial charge in [-0.2, -0.15) is 0 Å². The third kappa shape index (κ3) is 5.48. The second kappa shape index (κ2) is 10.6. The first-order chi connectivity index (χ1) is 17.1. The molecular formula is C24H14Br2ClN3O6. The van der Waals surface area contributed by atoms with Gasteiger partial charge in [-0.15, -0.1) is 0 Å². The van der Waals surface area contributed by atoms with Gasteiger partial charge >= 0.3 is 6.03 Å². The predicted octanol–water partition coefficient (Wildman–Crippen LogP) is 6.02. The summed E-state index contributed by atoms with van der Waals surface area (Å²) in [5, 5.41) is 13.6. The number of rotatable bonds is 6. The third-order valence-electron chi connectivity index (χ3n) is 5.05. The normalized spacial score (nSPS) is 14.7. The van der Waals surface area contributed by atoms with Crippen molar-refractivity contribution in [3.05, 3.63) is 101 Å². The molecule has 1 fully saturated rings. The van der Waals surface area contributed by atoms with Crippen molar-refractivity contribution in [2.75, 3.05) is 4.90 Å².